The highest BCUT2D eigenvalue weighted by molar-refractivity contribution is 7.14. The van der Waals surface area contributed by atoms with Crippen LogP contribution >= 0.6 is 11.3 Å². The van der Waals surface area contributed by atoms with Gasteiger partial charge in [0.2, 0.25) is 0 Å². The Bertz CT molecular complexity index is 912. The van der Waals surface area contributed by atoms with Crippen LogP contribution in [0.25, 0.3) is 11.3 Å². The third-order valence-electron chi connectivity index (χ3n) is 4.61. The molecule has 0 radical (unpaired) electrons. The third-order valence-corrected chi connectivity index (χ3v) is 5.36. The first-order valence-electron chi connectivity index (χ1n) is 8.98. The Balaban J connectivity index is 1.23. The van der Waals surface area contributed by atoms with Crippen LogP contribution in [0.4, 0.5) is 9.93 Å². The average molecular weight is 379 g/mol. The Morgan fingerprint density at radius 2 is 2.07 bits per heavy atom. The number of nitrogens with zero attached hydrogens (tertiary/aromatic N) is 3. The highest BCUT2D eigenvalue weighted by Crippen LogP contribution is 2.24. The summed E-state index contributed by atoms with van der Waals surface area (Å²) >= 11 is 1.41. The second-order valence-electron chi connectivity index (χ2n) is 6.46. The fourth-order valence-electron chi connectivity index (χ4n) is 3.19. The first-order valence-corrected chi connectivity index (χ1v) is 9.86. The molecule has 0 fully saturated rings. The molecule has 0 atom stereocenters. The molecule has 0 saturated heterocycles. The van der Waals surface area contributed by atoms with Crippen LogP contribution in [0.1, 0.15) is 11.1 Å². The highest BCUT2D eigenvalue weighted by atomic mass is 32.1. The van der Waals surface area contributed by atoms with Crippen molar-refractivity contribution in [2.24, 2.45) is 0 Å². The van der Waals surface area contributed by atoms with Gasteiger partial charge in [0.15, 0.2) is 5.13 Å². The molecular weight excluding hydrogens is 358 g/mol. The quantitative estimate of drug-likeness (QED) is 0.713. The van der Waals surface area contributed by atoms with Gasteiger partial charge in [0, 0.05) is 49.5 Å². The van der Waals surface area contributed by atoms with Gasteiger partial charge in [-0.2, -0.15) is 0 Å². The molecule has 2 aromatic heterocycles. The predicted octanol–water partition coefficient (Wildman–Crippen LogP) is 3.38. The van der Waals surface area contributed by atoms with Gasteiger partial charge in [-0.1, -0.05) is 24.3 Å². The van der Waals surface area contributed by atoms with Gasteiger partial charge in [0.05, 0.1) is 5.69 Å². The number of hydrogen-bond donors (Lipinski definition) is 2. The van der Waals surface area contributed by atoms with Crippen molar-refractivity contribution >= 4 is 22.5 Å². The van der Waals surface area contributed by atoms with Gasteiger partial charge in [-0.25, -0.2) is 9.78 Å². The van der Waals surface area contributed by atoms with Crippen molar-refractivity contribution in [3.8, 4) is 11.3 Å². The number of thiazole rings is 1. The lowest BCUT2D eigenvalue weighted by atomic mass is 10.00. The second kappa shape index (κ2) is 8.28. The molecule has 6 nitrogen and oxygen atoms in total. The van der Waals surface area contributed by atoms with Gasteiger partial charge in [0.1, 0.15) is 0 Å². The molecule has 27 heavy (non-hydrogen) atoms. The molecule has 0 spiro atoms. The number of rotatable bonds is 5. The predicted molar refractivity (Wildman–Crippen MR) is 108 cm³/mol. The molecule has 138 valence electrons. The maximum absolute atomic E-state index is 12.1. The molecular formula is C20H21N5OS. The lowest BCUT2D eigenvalue weighted by molar-refractivity contribution is 0.239. The Morgan fingerprint density at radius 1 is 1.19 bits per heavy atom. The summed E-state index contributed by atoms with van der Waals surface area (Å²) < 4.78 is 0. The first kappa shape index (κ1) is 17.6. The van der Waals surface area contributed by atoms with Gasteiger partial charge >= 0.3 is 6.03 Å². The van der Waals surface area contributed by atoms with E-state index in [1.807, 2.05) is 17.5 Å². The van der Waals surface area contributed by atoms with Crippen LogP contribution in [0, 0.1) is 0 Å². The topological polar surface area (TPSA) is 70.2 Å². The normalized spacial score (nSPS) is 13.8. The molecule has 0 bridgehead atoms. The Labute approximate surface area is 162 Å². The molecule has 3 aromatic rings. The summed E-state index contributed by atoms with van der Waals surface area (Å²) in [4.78, 5) is 23.0. The lowest BCUT2D eigenvalue weighted by Gasteiger charge is -2.28. The molecule has 0 unspecified atom stereocenters. The van der Waals surface area contributed by atoms with Crippen LogP contribution in [0.2, 0.25) is 0 Å². The molecule has 7 heteroatoms. The minimum Gasteiger partial charge on any atom is -0.337 e. The summed E-state index contributed by atoms with van der Waals surface area (Å²) in [5.74, 6) is 0. The number of carbonyl (C=O) groups excluding carboxylic acids is 1. The van der Waals surface area contributed by atoms with E-state index in [0.717, 1.165) is 37.3 Å². The minimum absolute atomic E-state index is 0.223. The van der Waals surface area contributed by atoms with Crippen molar-refractivity contribution in [1.29, 1.82) is 0 Å². The number of pyridine rings is 1. The van der Waals surface area contributed by atoms with E-state index in [1.165, 1.54) is 22.5 Å². The molecule has 0 saturated carbocycles. The maximum Gasteiger partial charge on any atom is 0.321 e. The zero-order valence-corrected chi connectivity index (χ0v) is 15.7. The zero-order chi connectivity index (χ0) is 18.5. The fraction of sp³-hybridized carbons (Fsp3) is 0.250. The van der Waals surface area contributed by atoms with Crippen LogP contribution in [0.5, 0.6) is 0 Å². The number of carbonyl (C=O) groups is 1. The summed E-state index contributed by atoms with van der Waals surface area (Å²) in [6, 6.07) is 12.2. The monoisotopic (exact) mass is 379 g/mol. The van der Waals surface area contributed by atoms with E-state index >= 15 is 0 Å². The number of amides is 2. The van der Waals surface area contributed by atoms with Crippen LogP contribution < -0.4 is 10.6 Å². The molecule has 2 amide bonds. The van der Waals surface area contributed by atoms with Crippen molar-refractivity contribution in [3.63, 3.8) is 0 Å². The molecule has 1 aromatic carbocycles. The van der Waals surface area contributed by atoms with E-state index in [4.69, 9.17) is 0 Å². The summed E-state index contributed by atoms with van der Waals surface area (Å²) in [6.45, 7) is 3.41. The Kier molecular flexibility index (Phi) is 5.41. The number of benzene rings is 1. The average Bonchev–Trinajstić information content (AvgIpc) is 3.17. The zero-order valence-electron chi connectivity index (χ0n) is 14.9. The number of urea groups is 1. The van der Waals surface area contributed by atoms with Gasteiger partial charge < -0.3 is 5.32 Å². The third kappa shape index (κ3) is 4.50. The number of anilines is 1. The van der Waals surface area contributed by atoms with Crippen molar-refractivity contribution in [2.45, 2.75) is 13.0 Å². The number of fused-ring (bicyclic) bond motifs is 1. The summed E-state index contributed by atoms with van der Waals surface area (Å²) in [7, 11) is 0. The SMILES string of the molecule is O=C(NCCN1CCc2ccccc2C1)Nc1nc(-c2cccnc2)cs1. The van der Waals surface area contributed by atoms with Crippen molar-refractivity contribution in [2.75, 3.05) is 25.0 Å². The standard InChI is InChI=1S/C20H21N5OS/c26-19(24-20-23-18(14-27-20)16-6-3-8-21-12-16)22-9-11-25-10-7-15-4-1-2-5-17(15)13-25/h1-6,8,12,14H,7,9-11,13H2,(H2,22,23,24,26). The largest absolute Gasteiger partial charge is 0.337 e. The van der Waals surface area contributed by atoms with Crippen molar-refractivity contribution in [3.05, 3.63) is 65.3 Å². The molecule has 1 aliphatic rings. The number of nitrogens with one attached hydrogen (secondary N) is 2. The second-order valence-corrected chi connectivity index (χ2v) is 7.31. The lowest BCUT2D eigenvalue weighted by Crippen LogP contribution is -2.39. The van der Waals surface area contributed by atoms with Gasteiger partial charge in [-0.3, -0.25) is 15.2 Å². The fourth-order valence-corrected chi connectivity index (χ4v) is 3.91. The molecule has 4 rings (SSSR count). The number of hydrogen-bond acceptors (Lipinski definition) is 5. The maximum atomic E-state index is 12.1. The van der Waals surface area contributed by atoms with Gasteiger partial charge in [-0.15, -0.1) is 11.3 Å². The van der Waals surface area contributed by atoms with E-state index < -0.39 is 0 Å². The molecule has 0 aliphatic carbocycles. The molecule has 3 heterocycles. The minimum atomic E-state index is -0.223. The van der Waals surface area contributed by atoms with Crippen LogP contribution in [0.15, 0.2) is 54.2 Å². The highest BCUT2D eigenvalue weighted by Gasteiger charge is 2.15. The molecule has 1 aliphatic heterocycles. The van der Waals surface area contributed by atoms with Crippen LogP contribution in [0.3, 0.4) is 0 Å². The van der Waals surface area contributed by atoms with Crippen LogP contribution in [-0.4, -0.2) is 40.5 Å². The van der Waals surface area contributed by atoms with Crippen LogP contribution in [-0.2, 0) is 13.0 Å². The summed E-state index contributed by atoms with van der Waals surface area (Å²) in [5.41, 5.74) is 4.58. The summed E-state index contributed by atoms with van der Waals surface area (Å²) in [5, 5.41) is 8.21. The summed E-state index contributed by atoms with van der Waals surface area (Å²) in [6.07, 6.45) is 4.55. The first-order chi connectivity index (χ1) is 13.3. The van der Waals surface area contributed by atoms with Crippen molar-refractivity contribution in [1.82, 2.24) is 20.2 Å². The van der Waals surface area contributed by atoms with E-state index in [0.29, 0.717) is 11.7 Å². The molecule has 2 N–H and O–H groups in total. The smallest absolute Gasteiger partial charge is 0.321 e. The Hall–Kier alpha value is -2.77. The van der Waals surface area contributed by atoms with E-state index in [-0.39, 0.29) is 6.03 Å². The van der Waals surface area contributed by atoms with E-state index in [9.17, 15) is 4.79 Å². The number of aromatic nitrogens is 2. The van der Waals surface area contributed by atoms with E-state index in [2.05, 4.69) is 49.8 Å². The van der Waals surface area contributed by atoms with Gasteiger partial charge in [0.25, 0.3) is 0 Å². The van der Waals surface area contributed by atoms with Crippen molar-refractivity contribution < 1.29 is 4.79 Å². The van der Waals surface area contributed by atoms with E-state index in [1.54, 1.807) is 12.4 Å². The van der Waals surface area contributed by atoms with Gasteiger partial charge in [-0.05, 0) is 29.7 Å². The Morgan fingerprint density at radius 3 is 2.93 bits per heavy atom.